The van der Waals surface area contributed by atoms with E-state index < -0.39 is 11.6 Å². The third kappa shape index (κ3) is 1.69. The lowest BCUT2D eigenvalue weighted by Crippen LogP contribution is -2.32. The second-order valence-electron chi connectivity index (χ2n) is 4.45. The van der Waals surface area contributed by atoms with Crippen molar-refractivity contribution in [3.05, 3.63) is 35.7 Å². The minimum Gasteiger partial charge on any atom is -0.326 e. The number of nitrogens with two attached hydrogens (primary N) is 1. The molecule has 2 aromatic rings. The first-order valence-electron chi connectivity index (χ1n) is 5.79. The summed E-state index contributed by atoms with van der Waals surface area (Å²) < 4.78 is 29.2. The molecule has 1 unspecified atom stereocenters. The van der Waals surface area contributed by atoms with Crippen LogP contribution in [0.4, 0.5) is 8.78 Å². The fourth-order valence-electron chi connectivity index (χ4n) is 2.25. The maximum atomic E-state index is 13.7. The van der Waals surface area contributed by atoms with Crippen LogP contribution < -0.4 is 5.73 Å². The molecule has 0 aliphatic carbocycles. The molecule has 1 aliphatic heterocycles. The average Bonchev–Trinajstić information content (AvgIpc) is 2.72. The smallest absolute Gasteiger partial charge is 0.169 e. The van der Waals surface area contributed by atoms with E-state index >= 15 is 0 Å². The number of aromatic nitrogens is 3. The van der Waals surface area contributed by atoms with E-state index in [2.05, 4.69) is 10.2 Å². The molecule has 0 saturated heterocycles. The molecule has 1 atom stereocenters. The van der Waals surface area contributed by atoms with Gasteiger partial charge in [0.1, 0.15) is 17.5 Å². The zero-order valence-corrected chi connectivity index (χ0v) is 9.61. The lowest BCUT2D eigenvalue weighted by atomic mass is 10.1. The van der Waals surface area contributed by atoms with Gasteiger partial charge in [-0.1, -0.05) is 6.07 Å². The molecule has 1 aliphatic rings. The van der Waals surface area contributed by atoms with Gasteiger partial charge in [-0.3, -0.25) is 0 Å². The number of aryl methyl sites for hydroxylation is 1. The summed E-state index contributed by atoms with van der Waals surface area (Å²) in [4.78, 5) is 0. The van der Waals surface area contributed by atoms with E-state index in [1.165, 1.54) is 18.2 Å². The van der Waals surface area contributed by atoms with Gasteiger partial charge in [0, 0.05) is 19.0 Å². The molecule has 2 heterocycles. The minimum absolute atomic E-state index is 0.0258. The van der Waals surface area contributed by atoms with Gasteiger partial charge in [-0.2, -0.15) is 0 Å². The van der Waals surface area contributed by atoms with E-state index in [1.54, 1.807) is 4.57 Å². The van der Waals surface area contributed by atoms with Crippen LogP contribution in [0.5, 0.6) is 0 Å². The maximum Gasteiger partial charge on any atom is 0.169 e. The van der Waals surface area contributed by atoms with Crippen LogP contribution in [0.25, 0.3) is 11.4 Å². The summed E-state index contributed by atoms with van der Waals surface area (Å²) >= 11 is 0. The van der Waals surface area contributed by atoms with Crippen molar-refractivity contribution in [2.45, 2.75) is 25.4 Å². The van der Waals surface area contributed by atoms with Crippen LogP contribution >= 0.6 is 0 Å². The highest BCUT2D eigenvalue weighted by Gasteiger charge is 2.24. The average molecular weight is 250 g/mol. The lowest BCUT2D eigenvalue weighted by Gasteiger charge is -2.20. The number of benzene rings is 1. The summed E-state index contributed by atoms with van der Waals surface area (Å²) in [6.45, 7) is 0.492. The number of hydrogen-bond donors (Lipinski definition) is 1. The van der Waals surface area contributed by atoms with Crippen molar-refractivity contribution in [3.8, 4) is 11.4 Å². The third-order valence-electron chi connectivity index (χ3n) is 3.17. The third-order valence-corrected chi connectivity index (χ3v) is 3.17. The van der Waals surface area contributed by atoms with Crippen molar-refractivity contribution < 1.29 is 8.78 Å². The zero-order chi connectivity index (χ0) is 12.7. The number of hydrogen-bond acceptors (Lipinski definition) is 3. The van der Waals surface area contributed by atoms with E-state index in [0.29, 0.717) is 13.0 Å². The molecule has 3 rings (SSSR count). The minimum atomic E-state index is -0.635. The van der Waals surface area contributed by atoms with E-state index in [1.807, 2.05) is 0 Å². The Morgan fingerprint density at radius 3 is 2.67 bits per heavy atom. The van der Waals surface area contributed by atoms with Crippen LogP contribution in [-0.4, -0.2) is 20.8 Å². The first-order valence-corrected chi connectivity index (χ1v) is 5.79. The summed E-state index contributed by atoms with van der Waals surface area (Å²) in [5.74, 6) is -0.321. The van der Waals surface area contributed by atoms with Crippen molar-refractivity contribution in [2.24, 2.45) is 5.73 Å². The van der Waals surface area contributed by atoms with Crippen LogP contribution in [0.2, 0.25) is 0 Å². The number of rotatable bonds is 1. The van der Waals surface area contributed by atoms with Gasteiger partial charge >= 0.3 is 0 Å². The van der Waals surface area contributed by atoms with Gasteiger partial charge < -0.3 is 10.3 Å². The van der Waals surface area contributed by atoms with Gasteiger partial charge in [0.2, 0.25) is 0 Å². The quantitative estimate of drug-likeness (QED) is 0.834. The molecule has 0 amide bonds. The molecule has 0 bridgehead atoms. The van der Waals surface area contributed by atoms with Crippen molar-refractivity contribution >= 4 is 0 Å². The van der Waals surface area contributed by atoms with E-state index in [0.717, 1.165) is 12.2 Å². The molecule has 0 fully saturated rings. The number of fused-ring (bicyclic) bond motifs is 1. The first kappa shape index (κ1) is 11.3. The summed E-state index contributed by atoms with van der Waals surface area (Å²) in [5, 5.41) is 7.88. The van der Waals surface area contributed by atoms with Gasteiger partial charge in [-0.05, 0) is 18.6 Å². The molecule has 18 heavy (non-hydrogen) atoms. The fraction of sp³-hybridized carbons (Fsp3) is 0.333. The molecule has 0 radical (unpaired) electrons. The summed E-state index contributed by atoms with van der Waals surface area (Å²) in [6.07, 6.45) is 1.50. The van der Waals surface area contributed by atoms with Crippen molar-refractivity contribution in [2.75, 3.05) is 0 Å². The molecule has 0 saturated carbocycles. The summed E-state index contributed by atoms with van der Waals surface area (Å²) in [5.41, 5.74) is 5.73. The van der Waals surface area contributed by atoms with Crippen molar-refractivity contribution in [1.29, 1.82) is 0 Å². The Hall–Kier alpha value is -1.82. The Balaban J connectivity index is 2.16. The van der Waals surface area contributed by atoms with Gasteiger partial charge in [-0.25, -0.2) is 8.78 Å². The van der Waals surface area contributed by atoms with E-state index in [4.69, 9.17) is 5.73 Å². The van der Waals surface area contributed by atoms with Crippen molar-refractivity contribution in [1.82, 2.24) is 14.8 Å². The fourth-order valence-corrected chi connectivity index (χ4v) is 2.25. The molecule has 94 valence electrons. The number of nitrogens with zero attached hydrogens (tertiary/aromatic N) is 3. The molecule has 6 heteroatoms. The predicted octanol–water partition coefficient (Wildman–Crippen LogP) is 1.50. The van der Waals surface area contributed by atoms with Crippen LogP contribution in [-0.2, 0) is 13.0 Å². The Bertz CT molecular complexity index is 574. The molecule has 1 aromatic carbocycles. The van der Waals surface area contributed by atoms with E-state index in [-0.39, 0.29) is 17.4 Å². The highest BCUT2D eigenvalue weighted by atomic mass is 19.1. The van der Waals surface area contributed by atoms with Gasteiger partial charge in [0.05, 0.1) is 5.56 Å². The monoisotopic (exact) mass is 250 g/mol. The first-order chi connectivity index (χ1) is 8.66. The van der Waals surface area contributed by atoms with Crippen molar-refractivity contribution in [3.63, 3.8) is 0 Å². The Kier molecular flexibility index (Phi) is 2.59. The Labute approximate surface area is 102 Å². The lowest BCUT2D eigenvalue weighted by molar-refractivity contribution is 0.454. The van der Waals surface area contributed by atoms with Gasteiger partial charge in [0.15, 0.2) is 5.82 Å². The van der Waals surface area contributed by atoms with Gasteiger partial charge in [-0.15, -0.1) is 10.2 Å². The molecule has 0 spiro atoms. The van der Waals surface area contributed by atoms with Crippen LogP contribution in [0.1, 0.15) is 12.2 Å². The molecular formula is C12H12F2N4. The molecule has 4 nitrogen and oxygen atoms in total. The van der Waals surface area contributed by atoms with Crippen LogP contribution in [0.3, 0.4) is 0 Å². The topological polar surface area (TPSA) is 56.7 Å². The number of halogens is 2. The highest BCUT2D eigenvalue weighted by Crippen LogP contribution is 2.27. The SMILES string of the molecule is NC1CCc2nnc(-c3c(F)cccc3F)n2C1. The second kappa shape index (κ2) is 4.13. The zero-order valence-electron chi connectivity index (χ0n) is 9.61. The summed E-state index contributed by atoms with van der Waals surface area (Å²) in [7, 11) is 0. The van der Waals surface area contributed by atoms with Gasteiger partial charge in [0.25, 0.3) is 0 Å². The largest absolute Gasteiger partial charge is 0.326 e. The second-order valence-corrected chi connectivity index (χ2v) is 4.45. The van der Waals surface area contributed by atoms with E-state index in [9.17, 15) is 8.78 Å². The predicted molar refractivity (Wildman–Crippen MR) is 61.7 cm³/mol. The molecular weight excluding hydrogens is 238 g/mol. The maximum absolute atomic E-state index is 13.7. The molecule has 2 N–H and O–H groups in total. The Morgan fingerprint density at radius 1 is 1.22 bits per heavy atom. The standard InChI is InChI=1S/C12H12F2N4/c13-8-2-1-3-9(14)11(8)12-17-16-10-5-4-7(15)6-18(10)12/h1-3,7H,4-6,15H2. The normalized spacial score (nSPS) is 18.7. The van der Waals surface area contributed by atoms with Crippen LogP contribution in [0.15, 0.2) is 18.2 Å². The highest BCUT2D eigenvalue weighted by molar-refractivity contribution is 5.57. The molecule has 1 aromatic heterocycles. The Morgan fingerprint density at radius 2 is 1.94 bits per heavy atom. The summed E-state index contributed by atoms with van der Waals surface area (Å²) in [6, 6.07) is 3.72. The van der Waals surface area contributed by atoms with Crippen LogP contribution in [0, 0.1) is 11.6 Å².